The van der Waals surface area contributed by atoms with Gasteiger partial charge in [-0.1, -0.05) is 0 Å². The number of pyridine rings is 1. The highest BCUT2D eigenvalue weighted by Gasteiger charge is 2.11. The predicted molar refractivity (Wildman–Crippen MR) is 71.3 cm³/mol. The van der Waals surface area contributed by atoms with Crippen molar-refractivity contribution in [3.05, 3.63) is 24.0 Å². The van der Waals surface area contributed by atoms with Crippen LogP contribution in [0.15, 0.2) is 18.5 Å². The fraction of sp³-hybridized carbons (Fsp3) is 0.538. The summed E-state index contributed by atoms with van der Waals surface area (Å²) >= 11 is 0. The summed E-state index contributed by atoms with van der Waals surface area (Å²) in [6, 6.07) is 1.64. The second kappa shape index (κ2) is 6.35. The second-order valence-electron chi connectivity index (χ2n) is 4.62. The van der Waals surface area contributed by atoms with Crippen LogP contribution >= 0.6 is 0 Å². The Morgan fingerprint density at radius 2 is 2.22 bits per heavy atom. The lowest BCUT2D eigenvalue weighted by atomic mass is 10.2. The Kier molecular flexibility index (Phi) is 4.52. The van der Waals surface area contributed by atoms with Gasteiger partial charge < -0.3 is 16.0 Å². The molecule has 0 spiro atoms. The molecular formula is C13H20N4O. The van der Waals surface area contributed by atoms with Crippen LogP contribution in [0.4, 0.5) is 5.69 Å². The zero-order valence-corrected chi connectivity index (χ0v) is 10.6. The number of nitrogens with two attached hydrogens (primary N) is 1. The molecule has 0 aromatic carbocycles. The van der Waals surface area contributed by atoms with Crippen molar-refractivity contribution in [2.45, 2.75) is 19.3 Å². The predicted octanol–water partition coefficient (Wildman–Crippen LogP) is 0.879. The van der Waals surface area contributed by atoms with Gasteiger partial charge in [0.15, 0.2) is 0 Å². The third kappa shape index (κ3) is 3.43. The molecule has 0 atom stereocenters. The summed E-state index contributed by atoms with van der Waals surface area (Å²) in [6.45, 7) is 4.14. The van der Waals surface area contributed by atoms with E-state index in [1.165, 1.54) is 32.1 Å². The number of hydrogen-bond acceptors (Lipinski definition) is 4. The first kappa shape index (κ1) is 12.8. The van der Waals surface area contributed by atoms with Crippen LogP contribution in [0.2, 0.25) is 0 Å². The van der Waals surface area contributed by atoms with Crippen molar-refractivity contribution in [3.63, 3.8) is 0 Å². The number of amides is 1. The summed E-state index contributed by atoms with van der Waals surface area (Å²) in [5, 5.41) is 2.88. The van der Waals surface area contributed by atoms with Gasteiger partial charge in [-0.05, 0) is 45.0 Å². The van der Waals surface area contributed by atoms with Crippen LogP contribution in [0.1, 0.15) is 29.6 Å². The Labute approximate surface area is 107 Å². The van der Waals surface area contributed by atoms with E-state index in [-0.39, 0.29) is 5.91 Å². The number of likely N-dealkylation sites (tertiary alicyclic amines) is 1. The largest absolute Gasteiger partial charge is 0.398 e. The lowest BCUT2D eigenvalue weighted by Gasteiger charge is -2.14. The van der Waals surface area contributed by atoms with Crippen molar-refractivity contribution in [1.82, 2.24) is 15.2 Å². The van der Waals surface area contributed by atoms with Gasteiger partial charge in [0.1, 0.15) is 0 Å². The maximum Gasteiger partial charge on any atom is 0.254 e. The zero-order valence-electron chi connectivity index (χ0n) is 10.6. The number of anilines is 1. The third-order valence-corrected chi connectivity index (χ3v) is 3.23. The summed E-state index contributed by atoms with van der Waals surface area (Å²) in [5.74, 6) is -0.137. The number of carbonyl (C=O) groups excluding carboxylic acids is 1. The van der Waals surface area contributed by atoms with Crippen LogP contribution in [0.5, 0.6) is 0 Å². The number of aromatic nitrogens is 1. The maximum absolute atomic E-state index is 11.8. The summed E-state index contributed by atoms with van der Waals surface area (Å²) < 4.78 is 0. The molecule has 2 heterocycles. The van der Waals surface area contributed by atoms with Crippen molar-refractivity contribution in [2.24, 2.45) is 0 Å². The molecule has 1 amide bonds. The lowest BCUT2D eigenvalue weighted by molar-refractivity contribution is 0.0952. The molecule has 0 saturated carbocycles. The van der Waals surface area contributed by atoms with E-state index in [2.05, 4.69) is 15.2 Å². The smallest absolute Gasteiger partial charge is 0.254 e. The van der Waals surface area contributed by atoms with Crippen molar-refractivity contribution in [1.29, 1.82) is 0 Å². The van der Waals surface area contributed by atoms with Gasteiger partial charge in [-0.2, -0.15) is 0 Å². The lowest BCUT2D eigenvalue weighted by Crippen LogP contribution is -2.29. The van der Waals surface area contributed by atoms with E-state index in [1.807, 2.05) is 0 Å². The number of hydrogen-bond donors (Lipinski definition) is 2. The highest BCUT2D eigenvalue weighted by Crippen LogP contribution is 2.09. The molecule has 0 radical (unpaired) electrons. The van der Waals surface area contributed by atoms with Gasteiger partial charge in [0.05, 0.1) is 5.56 Å². The van der Waals surface area contributed by atoms with E-state index in [4.69, 9.17) is 5.73 Å². The van der Waals surface area contributed by atoms with Crippen LogP contribution < -0.4 is 11.1 Å². The first-order chi connectivity index (χ1) is 8.77. The standard InChI is InChI=1S/C13H20N4O/c14-12-4-6-15-10-11(12)13(18)16-5-3-9-17-7-1-2-8-17/h4,6,10H,1-3,5,7-9H2,(H2,14,15)(H,16,18). The molecule has 1 saturated heterocycles. The van der Waals surface area contributed by atoms with Crippen molar-refractivity contribution >= 4 is 11.6 Å². The van der Waals surface area contributed by atoms with Gasteiger partial charge in [0.25, 0.3) is 5.91 Å². The fourth-order valence-electron chi connectivity index (χ4n) is 2.20. The minimum atomic E-state index is -0.137. The van der Waals surface area contributed by atoms with Gasteiger partial charge in [-0.25, -0.2) is 0 Å². The number of nitrogen functional groups attached to an aromatic ring is 1. The van der Waals surface area contributed by atoms with E-state index in [0.717, 1.165) is 13.0 Å². The van der Waals surface area contributed by atoms with E-state index < -0.39 is 0 Å². The first-order valence-corrected chi connectivity index (χ1v) is 6.47. The Morgan fingerprint density at radius 3 is 2.94 bits per heavy atom. The number of carbonyl (C=O) groups is 1. The molecule has 1 aliphatic heterocycles. The molecule has 5 heteroatoms. The van der Waals surface area contributed by atoms with Gasteiger partial charge in [0, 0.05) is 24.6 Å². The van der Waals surface area contributed by atoms with Crippen molar-refractivity contribution in [2.75, 3.05) is 31.9 Å². The molecule has 5 nitrogen and oxygen atoms in total. The van der Waals surface area contributed by atoms with Crippen molar-refractivity contribution in [3.8, 4) is 0 Å². The molecule has 0 aliphatic carbocycles. The Bertz CT molecular complexity index is 402. The number of nitrogens with zero attached hydrogens (tertiary/aromatic N) is 2. The van der Waals surface area contributed by atoms with E-state index >= 15 is 0 Å². The van der Waals surface area contributed by atoms with Gasteiger partial charge in [-0.15, -0.1) is 0 Å². The SMILES string of the molecule is Nc1ccncc1C(=O)NCCCN1CCCC1. The molecule has 1 aromatic heterocycles. The maximum atomic E-state index is 11.8. The summed E-state index contributed by atoms with van der Waals surface area (Å²) in [7, 11) is 0. The number of nitrogens with one attached hydrogen (secondary N) is 1. The normalized spacial score (nSPS) is 15.8. The summed E-state index contributed by atoms with van der Waals surface area (Å²) in [4.78, 5) is 18.2. The average molecular weight is 248 g/mol. The topological polar surface area (TPSA) is 71.2 Å². The quantitative estimate of drug-likeness (QED) is 0.759. The highest BCUT2D eigenvalue weighted by molar-refractivity contribution is 5.98. The fourth-order valence-corrected chi connectivity index (χ4v) is 2.20. The molecule has 3 N–H and O–H groups in total. The van der Waals surface area contributed by atoms with E-state index in [1.54, 1.807) is 12.3 Å². The highest BCUT2D eigenvalue weighted by atomic mass is 16.1. The third-order valence-electron chi connectivity index (χ3n) is 3.23. The minimum Gasteiger partial charge on any atom is -0.398 e. The van der Waals surface area contributed by atoms with Crippen LogP contribution in [-0.2, 0) is 0 Å². The van der Waals surface area contributed by atoms with Gasteiger partial charge in [-0.3, -0.25) is 9.78 Å². The molecule has 1 fully saturated rings. The minimum absolute atomic E-state index is 0.137. The average Bonchev–Trinajstić information content (AvgIpc) is 2.88. The molecule has 98 valence electrons. The first-order valence-electron chi connectivity index (χ1n) is 6.47. The molecule has 18 heavy (non-hydrogen) atoms. The Hall–Kier alpha value is -1.62. The van der Waals surface area contributed by atoms with Crippen LogP contribution in [0.25, 0.3) is 0 Å². The van der Waals surface area contributed by atoms with Crippen LogP contribution in [0, 0.1) is 0 Å². The van der Waals surface area contributed by atoms with E-state index in [9.17, 15) is 4.79 Å². The van der Waals surface area contributed by atoms with Crippen LogP contribution in [-0.4, -0.2) is 42.0 Å². The zero-order chi connectivity index (χ0) is 12.8. The molecule has 1 aliphatic rings. The molecule has 0 bridgehead atoms. The van der Waals surface area contributed by atoms with Crippen LogP contribution in [0.3, 0.4) is 0 Å². The molecule has 1 aromatic rings. The molecule has 0 unspecified atom stereocenters. The Morgan fingerprint density at radius 1 is 1.44 bits per heavy atom. The van der Waals surface area contributed by atoms with Gasteiger partial charge >= 0.3 is 0 Å². The molecule has 2 rings (SSSR count). The molecular weight excluding hydrogens is 228 g/mol. The monoisotopic (exact) mass is 248 g/mol. The Balaban J connectivity index is 1.70. The van der Waals surface area contributed by atoms with Crippen molar-refractivity contribution < 1.29 is 4.79 Å². The van der Waals surface area contributed by atoms with Gasteiger partial charge in [0.2, 0.25) is 0 Å². The second-order valence-corrected chi connectivity index (χ2v) is 4.62. The van der Waals surface area contributed by atoms with E-state index in [0.29, 0.717) is 17.8 Å². The summed E-state index contributed by atoms with van der Waals surface area (Å²) in [6.07, 6.45) is 6.67. The summed E-state index contributed by atoms with van der Waals surface area (Å²) in [5.41, 5.74) is 6.65. The number of rotatable bonds is 5.